The first-order valence-corrected chi connectivity index (χ1v) is 6.87. The fourth-order valence-electron chi connectivity index (χ4n) is 2.64. The van der Waals surface area contributed by atoms with Gasteiger partial charge in [0.15, 0.2) is 0 Å². The second-order valence-electron chi connectivity index (χ2n) is 5.82. The quantitative estimate of drug-likeness (QED) is 0.907. The van der Waals surface area contributed by atoms with E-state index >= 15 is 0 Å². The van der Waals surface area contributed by atoms with E-state index in [9.17, 15) is 5.11 Å². The van der Waals surface area contributed by atoms with E-state index in [-0.39, 0.29) is 0 Å². The molecular weight excluding hydrogens is 240 g/mol. The zero-order chi connectivity index (χ0) is 14.0. The van der Waals surface area contributed by atoms with Gasteiger partial charge in [0, 0.05) is 37.0 Å². The third kappa shape index (κ3) is 3.25. The lowest BCUT2D eigenvalue weighted by Crippen LogP contribution is -2.42. The Kier molecular flexibility index (Phi) is 4.11. The van der Waals surface area contributed by atoms with Crippen molar-refractivity contribution in [3.63, 3.8) is 0 Å². The second-order valence-corrected chi connectivity index (χ2v) is 5.82. The number of methoxy groups -OCH3 is 1. The first kappa shape index (κ1) is 14.3. The van der Waals surface area contributed by atoms with Crippen LogP contribution in [-0.2, 0) is 6.54 Å². The van der Waals surface area contributed by atoms with Crippen LogP contribution in [0.25, 0.3) is 0 Å². The minimum absolute atomic E-state index is 0.496. The average molecular weight is 264 g/mol. The molecule has 1 aliphatic rings. The predicted octanol–water partition coefficient (Wildman–Crippen LogP) is 2.05. The molecule has 2 heterocycles. The molecule has 19 heavy (non-hydrogen) atoms. The highest BCUT2D eigenvalue weighted by atomic mass is 16.5. The summed E-state index contributed by atoms with van der Waals surface area (Å²) in [5, 5.41) is 9.97. The van der Waals surface area contributed by atoms with Gasteiger partial charge in [-0.3, -0.25) is 9.88 Å². The Hall–Kier alpha value is -1.13. The molecule has 0 amide bonds. The van der Waals surface area contributed by atoms with Gasteiger partial charge in [0.25, 0.3) is 0 Å². The zero-order valence-electron chi connectivity index (χ0n) is 12.4. The van der Waals surface area contributed by atoms with Crippen LogP contribution in [0.2, 0.25) is 0 Å². The molecule has 4 nitrogen and oxygen atoms in total. The van der Waals surface area contributed by atoms with Gasteiger partial charge in [-0.25, -0.2) is 0 Å². The number of rotatable bonds is 3. The molecule has 0 unspecified atom stereocenters. The molecular formula is C15H24N2O2. The number of nitrogens with zero attached hydrogens (tertiary/aromatic N) is 2. The lowest BCUT2D eigenvalue weighted by atomic mass is 9.93. The number of ether oxygens (including phenoxy) is 1. The molecule has 0 spiro atoms. The monoisotopic (exact) mass is 264 g/mol. The van der Waals surface area contributed by atoms with Crippen molar-refractivity contribution in [1.82, 2.24) is 9.88 Å². The number of hydrogen-bond acceptors (Lipinski definition) is 4. The minimum atomic E-state index is -0.496. The van der Waals surface area contributed by atoms with Crippen molar-refractivity contribution in [2.45, 2.75) is 45.8 Å². The smallest absolute Gasteiger partial charge is 0.128 e. The molecule has 0 saturated carbocycles. The third-order valence-corrected chi connectivity index (χ3v) is 4.06. The summed E-state index contributed by atoms with van der Waals surface area (Å²) in [6.45, 7) is 8.67. The summed E-state index contributed by atoms with van der Waals surface area (Å²) in [5.41, 5.74) is 2.78. The SMILES string of the molecule is COc1c(C)cnc(CN2CCC(C)(O)CC2)c1C. The van der Waals surface area contributed by atoms with Crippen LogP contribution in [-0.4, -0.2) is 40.8 Å². The van der Waals surface area contributed by atoms with Crippen LogP contribution in [0.15, 0.2) is 6.20 Å². The summed E-state index contributed by atoms with van der Waals surface area (Å²) < 4.78 is 5.44. The van der Waals surface area contributed by atoms with E-state index in [0.717, 1.165) is 55.0 Å². The van der Waals surface area contributed by atoms with Crippen LogP contribution in [0.4, 0.5) is 0 Å². The molecule has 0 atom stereocenters. The molecule has 2 rings (SSSR count). The van der Waals surface area contributed by atoms with E-state index in [4.69, 9.17) is 4.74 Å². The fraction of sp³-hybridized carbons (Fsp3) is 0.667. The summed E-state index contributed by atoms with van der Waals surface area (Å²) in [4.78, 5) is 6.88. The van der Waals surface area contributed by atoms with Crippen LogP contribution < -0.4 is 4.74 Å². The van der Waals surface area contributed by atoms with Gasteiger partial charge in [0.1, 0.15) is 5.75 Å². The number of hydrogen-bond donors (Lipinski definition) is 1. The Morgan fingerprint density at radius 1 is 1.37 bits per heavy atom. The van der Waals surface area contributed by atoms with E-state index < -0.39 is 5.60 Å². The molecule has 0 aliphatic carbocycles. The predicted molar refractivity (Wildman–Crippen MR) is 75.4 cm³/mol. The molecule has 106 valence electrons. The van der Waals surface area contributed by atoms with Crippen molar-refractivity contribution < 1.29 is 9.84 Å². The van der Waals surface area contributed by atoms with Crippen LogP contribution in [0.5, 0.6) is 5.75 Å². The summed E-state index contributed by atoms with van der Waals surface area (Å²) in [7, 11) is 1.71. The summed E-state index contributed by atoms with van der Waals surface area (Å²) in [5.74, 6) is 0.939. The first-order chi connectivity index (χ1) is 8.93. The molecule has 0 bridgehead atoms. The van der Waals surface area contributed by atoms with Gasteiger partial charge < -0.3 is 9.84 Å². The molecule has 1 fully saturated rings. The highest BCUT2D eigenvalue weighted by Gasteiger charge is 2.27. The van der Waals surface area contributed by atoms with Gasteiger partial charge >= 0.3 is 0 Å². The number of pyridine rings is 1. The highest BCUT2D eigenvalue weighted by molar-refractivity contribution is 5.41. The molecule has 0 radical (unpaired) electrons. The van der Waals surface area contributed by atoms with Crippen molar-refractivity contribution in [3.05, 3.63) is 23.0 Å². The van der Waals surface area contributed by atoms with Gasteiger partial charge in [-0.05, 0) is 33.6 Å². The fourth-order valence-corrected chi connectivity index (χ4v) is 2.64. The number of aliphatic hydroxyl groups is 1. The topological polar surface area (TPSA) is 45.6 Å². The van der Waals surface area contributed by atoms with E-state index in [1.54, 1.807) is 7.11 Å². The lowest BCUT2D eigenvalue weighted by molar-refractivity contribution is -0.00762. The molecule has 1 N–H and O–H groups in total. The maximum atomic E-state index is 9.97. The maximum Gasteiger partial charge on any atom is 0.128 e. The summed E-state index contributed by atoms with van der Waals surface area (Å²) in [6.07, 6.45) is 3.53. The van der Waals surface area contributed by atoms with E-state index in [0.29, 0.717) is 0 Å². The van der Waals surface area contributed by atoms with Gasteiger partial charge in [-0.1, -0.05) is 0 Å². The Morgan fingerprint density at radius 2 is 2.00 bits per heavy atom. The number of aryl methyl sites for hydroxylation is 1. The summed E-state index contributed by atoms with van der Waals surface area (Å²) >= 11 is 0. The van der Waals surface area contributed by atoms with Crippen molar-refractivity contribution in [2.75, 3.05) is 20.2 Å². The zero-order valence-corrected chi connectivity index (χ0v) is 12.4. The normalized spacial score (nSPS) is 19.4. The van der Waals surface area contributed by atoms with Crippen molar-refractivity contribution in [2.24, 2.45) is 0 Å². The van der Waals surface area contributed by atoms with Crippen molar-refractivity contribution in [3.8, 4) is 5.75 Å². The van der Waals surface area contributed by atoms with Gasteiger partial charge in [-0.2, -0.15) is 0 Å². The van der Waals surface area contributed by atoms with Crippen molar-refractivity contribution in [1.29, 1.82) is 0 Å². The Balaban J connectivity index is 2.08. The van der Waals surface area contributed by atoms with Crippen LogP contribution in [0.3, 0.4) is 0 Å². The number of likely N-dealkylation sites (tertiary alicyclic amines) is 1. The molecule has 0 aromatic carbocycles. The van der Waals surface area contributed by atoms with Crippen LogP contribution in [0, 0.1) is 13.8 Å². The largest absolute Gasteiger partial charge is 0.496 e. The summed E-state index contributed by atoms with van der Waals surface area (Å²) in [6, 6.07) is 0. The van der Waals surface area contributed by atoms with Gasteiger partial charge in [-0.15, -0.1) is 0 Å². The van der Waals surface area contributed by atoms with Gasteiger partial charge in [0.05, 0.1) is 18.4 Å². The lowest BCUT2D eigenvalue weighted by Gasteiger charge is -2.35. The second kappa shape index (κ2) is 5.47. The molecule has 1 aliphatic heterocycles. The van der Waals surface area contributed by atoms with E-state index in [2.05, 4.69) is 16.8 Å². The maximum absolute atomic E-state index is 9.97. The minimum Gasteiger partial charge on any atom is -0.496 e. The standard InChI is InChI=1S/C15H24N2O2/c1-11-9-16-13(12(2)14(11)19-4)10-17-7-5-15(3,18)6-8-17/h9,18H,5-8,10H2,1-4H3. The third-order valence-electron chi connectivity index (χ3n) is 4.06. The van der Waals surface area contributed by atoms with E-state index in [1.165, 1.54) is 0 Å². The average Bonchev–Trinajstić information content (AvgIpc) is 2.36. The highest BCUT2D eigenvalue weighted by Crippen LogP contribution is 2.27. The number of aromatic nitrogens is 1. The van der Waals surface area contributed by atoms with Crippen molar-refractivity contribution >= 4 is 0 Å². The van der Waals surface area contributed by atoms with Crippen LogP contribution >= 0.6 is 0 Å². The molecule has 1 aromatic heterocycles. The first-order valence-electron chi connectivity index (χ1n) is 6.87. The number of piperidine rings is 1. The Bertz CT molecular complexity index is 448. The molecule has 1 saturated heterocycles. The van der Waals surface area contributed by atoms with E-state index in [1.807, 2.05) is 20.0 Å². The van der Waals surface area contributed by atoms with Gasteiger partial charge in [0.2, 0.25) is 0 Å². The molecule has 1 aromatic rings. The Labute approximate surface area is 115 Å². The molecule has 4 heteroatoms. The van der Waals surface area contributed by atoms with Crippen LogP contribution in [0.1, 0.15) is 36.6 Å². The Morgan fingerprint density at radius 3 is 2.58 bits per heavy atom.